The molecule has 0 aliphatic carbocycles. The first-order valence-corrected chi connectivity index (χ1v) is 3.78. The molecular weight excluding hydrogens is 124 g/mol. The fraction of sp³-hybridized carbons (Fsp3) is 0.625. The zero-order chi connectivity index (χ0) is 7.56. The van der Waals surface area contributed by atoms with Crippen LogP contribution in [0.1, 0.15) is 39.5 Å². The van der Waals surface area contributed by atoms with Crippen molar-refractivity contribution in [1.82, 2.24) is 10.2 Å². The molecule has 1 aromatic rings. The number of H-pyrrole nitrogens is 1. The van der Waals surface area contributed by atoms with E-state index in [0.717, 1.165) is 12.1 Å². The first-order chi connectivity index (χ1) is 4.74. The number of rotatable bonds is 2. The highest BCUT2D eigenvalue weighted by Crippen LogP contribution is 2.11. The van der Waals surface area contributed by atoms with Crippen molar-refractivity contribution in [2.45, 2.75) is 33.1 Å². The summed E-state index contributed by atoms with van der Waals surface area (Å²) in [5, 5.41) is 7.15. The average Bonchev–Trinajstić information content (AvgIpc) is 2.34. The smallest absolute Gasteiger partial charge is 0.0650 e. The van der Waals surface area contributed by atoms with Crippen LogP contribution in [-0.2, 0) is 6.42 Å². The molecule has 2 nitrogen and oxygen atoms in total. The van der Waals surface area contributed by atoms with Gasteiger partial charge in [-0.2, -0.15) is 5.10 Å². The topological polar surface area (TPSA) is 28.7 Å². The Hall–Kier alpha value is -0.790. The van der Waals surface area contributed by atoms with Crippen LogP contribution in [0, 0.1) is 0 Å². The highest BCUT2D eigenvalue weighted by Gasteiger charge is 2.02. The molecule has 0 aliphatic rings. The highest BCUT2D eigenvalue weighted by molar-refractivity contribution is 5.11. The van der Waals surface area contributed by atoms with Gasteiger partial charge in [0, 0.05) is 7.12 Å². The third kappa shape index (κ3) is 1.38. The van der Waals surface area contributed by atoms with Gasteiger partial charge in [-0.25, -0.2) is 0 Å². The molecule has 1 heterocycles. The van der Waals surface area contributed by atoms with Crippen LogP contribution < -0.4 is 0 Å². The third-order valence-electron chi connectivity index (χ3n) is 1.62. The van der Waals surface area contributed by atoms with Crippen molar-refractivity contribution in [3.63, 3.8) is 0 Å². The van der Waals surface area contributed by atoms with Gasteiger partial charge in [0.2, 0.25) is 0 Å². The van der Waals surface area contributed by atoms with Crippen LogP contribution in [-0.4, -0.2) is 10.2 Å². The molecule has 0 radical (unpaired) electrons. The minimum atomic E-state index is 0. The SMILES string of the molecule is CCc1cc(C(C)C)n[nH]1.[HH]. The van der Waals surface area contributed by atoms with E-state index in [4.69, 9.17) is 0 Å². The normalized spacial score (nSPS) is 10.8. The van der Waals surface area contributed by atoms with Gasteiger partial charge in [0.25, 0.3) is 0 Å². The Labute approximate surface area is 63.1 Å². The summed E-state index contributed by atoms with van der Waals surface area (Å²) in [6.45, 7) is 6.42. The number of aromatic nitrogens is 2. The summed E-state index contributed by atoms with van der Waals surface area (Å²) >= 11 is 0. The van der Waals surface area contributed by atoms with Gasteiger partial charge in [-0.05, 0) is 18.4 Å². The largest absolute Gasteiger partial charge is 0.282 e. The monoisotopic (exact) mass is 140 g/mol. The van der Waals surface area contributed by atoms with Crippen molar-refractivity contribution in [1.29, 1.82) is 0 Å². The quantitative estimate of drug-likeness (QED) is 0.671. The Morgan fingerprint density at radius 1 is 1.70 bits per heavy atom. The minimum absolute atomic E-state index is 0. The summed E-state index contributed by atoms with van der Waals surface area (Å²) in [5.41, 5.74) is 2.39. The molecular formula is C8H16N2. The predicted molar refractivity (Wildman–Crippen MR) is 44.2 cm³/mol. The van der Waals surface area contributed by atoms with Crippen LogP contribution in [0.15, 0.2) is 6.07 Å². The maximum absolute atomic E-state index is 4.16. The number of nitrogens with one attached hydrogen (secondary N) is 1. The molecule has 1 N–H and O–H groups in total. The fourth-order valence-electron chi connectivity index (χ4n) is 0.856. The summed E-state index contributed by atoms with van der Waals surface area (Å²) < 4.78 is 0. The Kier molecular flexibility index (Phi) is 2.10. The fourth-order valence-corrected chi connectivity index (χ4v) is 0.856. The molecule has 0 saturated heterocycles. The lowest BCUT2D eigenvalue weighted by molar-refractivity contribution is 0.808. The van der Waals surface area contributed by atoms with Crippen molar-refractivity contribution in [3.05, 3.63) is 17.5 Å². The van der Waals surface area contributed by atoms with E-state index in [1.54, 1.807) is 0 Å². The first-order valence-electron chi connectivity index (χ1n) is 3.78. The van der Waals surface area contributed by atoms with Crippen LogP contribution in [0.3, 0.4) is 0 Å². The molecule has 0 bridgehead atoms. The Morgan fingerprint density at radius 3 is 2.70 bits per heavy atom. The summed E-state index contributed by atoms with van der Waals surface area (Å²) in [4.78, 5) is 0. The molecule has 0 unspecified atom stereocenters. The van der Waals surface area contributed by atoms with Crippen molar-refractivity contribution in [3.8, 4) is 0 Å². The van der Waals surface area contributed by atoms with E-state index in [-0.39, 0.29) is 1.43 Å². The molecule has 0 aromatic carbocycles. The minimum Gasteiger partial charge on any atom is -0.282 e. The summed E-state index contributed by atoms with van der Waals surface area (Å²) in [7, 11) is 0. The van der Waals surface area contributed by atoms with E-state index in [1.165, 1.54) is 5.69 Å². The van der Waals surface area contributed by atoms with Crippen molar-refractivity contribution in [2.75, 3.05) is 0 Å². The van der Waals surface area contributed by atoms with E-state index in [0.29, 0.717) is 5.92 Å². The molecule has 0 amide bonds. The van der Waals surface area contributed by atoms with Gasteiger partial charge in [-0.15, -0.1) is 0 Å². The number of aryl methyl sites for hydroxylation is 1. The molecule has 0 aliphatic heterocycles. The molecule has 1 aromatic heterocycles. The maximum atomic E-state index is 4.16. The second-order valence-corrected chi connectivity index (χ2v) is 2.83. The molecule has 2 heteroatoms. The van der Waals surface area contributed by atoms with Gasteiger partial charge in [0.1, 0.15) is 0 Å². The molecule has 0 atom stereocenters. The van der Waals surface area contributed by atoms with Gasteiger partial charge >= 0.3 is 0 Å². The molecule has 0 saturated carbocycles. The van der Waals surface area contributed by atoms with Gasteiger partial charge in [-0.3, -0.25) is 5.10 Å². The van der Waals surface area contributed by atoms with Crippen molar-refractivity contribution in [2.24, 2.45) is 0 Å². The van der Waals surface area contributed by atoms with E-state index in [9.17, 15) is 0 Å². The molecule has 1 rings (SSSR count). The number of hydrogen-bond donors (Lipinski definition) is 1. The van der Waals surface area contributed by atoms with Gasteiger partial charge in [0.15, 0.2) is 0 Å². The van der Waals surface area contributed by atoms with E-state index < -0.39 is 0 Å². The Balaban J connectivity index is 0.000001000. The molecule has 58 valence electrons. The number of aromatic amines is 1. The lowest BCUT2D eigenvalue weighted by atomic mass is 10.1. The summed E-state index contributed by atoms with van der Waals surface area (Å²) in [6.07, 6.45) is 1.04. The van der Waals surface area contributed by atoms with Gasteiger partial charge < -0.3 is 0 Å². The second kappa shape index (κ2) is 2.86. The van der Waals surface area contributed by atoms with E-state index in [2.05, 4.69) is 37.0 Å². The van der Waals surface area contributed by atoms with Crippen molar-refractivity contribution >= 4 is 0 Å². The maximum Gasteiger partial charge on any atom is 0.0650 e. The van der Waals surface area contributed by atoms with Crippen LogP contribution in [0.2, 0.25) is 0 Å². The second-order valence-electron chi connectivity index (χ2n) is 2.83. The Bertz CT molecular complexity index is 206. The Morgan fingerprint density at radius 2 is 2.40 bits per heavy atom. The molecule has 0 fully saturated rings. The highest BCUT2D eigenvalue weighted by atomic mass is 15.1. The third-order valence-corrected chi connectivity index (χ3v) is 1.62. The predicted octanol–water partition coefficient (Wildman–Crippen LogP) is 2.34. The zero-order valence-corrected chi connectivity index (χ0v) is 6.81. The van der Waals surface area contributed by atoms with E-state index >= 15 is 0 Å². The number of hydrogen-bond acceptors (Lipinski definition) is 1. The van der Waals surface area contributed by atoms with Crippen LogP contribution in [0.25, 0.3) is 0 Å². The summed E-state index contributed by atoms with van der Waals surface area (Å²) in [6, 6.07) is 2.13. The zero-order valence-electron chi connectivity index (χ0n) is 6.81. The number of nitrogens with zero attached hydrogens (tertiary/aromatic N) is 1. The van der Waals surface area contributed by atoms with Gasteiger partial charge in [-0.1, -0.05) is 20.8 Å². The van der Waals surface area contributed by atoms with Crippen LogP contribution >= 0.6 is 0 Å². The van der Waals surface area contributed by atoms with Crippen LogP contribution in [0.5, 0.6) is 0 Å². The van der Waals surface area contributed by atoms with E-state index in [1.807, 2.05) is 0 Å². The van der Waals surface area contributed by atoms with Crippen molar-refractivity contribution < 1.29 is 1.43 Å². The van der Waals surface area contributed by atoms with Crippen LogP contribution in [0.4, 0.5) is 0 Å². The molecule has 0 spiro atoms. The first kappa shape index (κ1) is 7.32. The lowest BCUT2D eigenvalue weighted by Gasteiger charge is -1.94. The van der Waals surface area contributed by atoms with Gasteiger partial charge in [0.05, 0.1) is 5.69 Å². The average molecular weight is 140 g/mol. The standard InChI is InChI=1S/C8H14N2.H2/c1-4-7-5-8(6(2)3)10-9-7;/h5-6H,4H2,1-3H3,(H,9,10);1H. The summed E-state index contributed by atoms with van der Waals surface area (Å²) in [5.74, 6) is 0.538. The lowest BCUT2D eigenvalue weighted by Crippen LogP contribution is -1.85. The molecule has 10 heavy (non-hydrogen) atoms.